The molecule has 0 radical (unpaired) electrons. The van der Waals surface area contributed by atoms with E-state index in [1.165, 1.54) is 0 Å². The number of nitrogens with zero attached hydrogens (tertiary/aromatic N) is 3. The molecule has 5 nitrogen and oxygen atoms in total. The molecule has 2 heterocycles. The van der Waals surface area contributed by atoms with Crippen molar-refractivity contribution in [2.24, 2.45) is 0 Å². The molecule has 0 bridgehead atoms. The van der Waals surface area contributed by atoms with Gasteiger partial charge in [-0.15, -0.1) is 0 Å². The van der Waals surface area contributed by atoms with Crippen molar-refractivity contribution in [2.75, 3.05) is 6.61 Å². The highest BCUT2D eigenvalue weighted by molar-refractivity contribution is 5.30. The Morgan fingerprint density at radius 2 is 2.05 bits per heavy atom. The van der Waals surface area contributed by atoms with E-state index in [1.807, 2.05) is 37.7 Å². The molecule has 0 aliphatic rings. The molecule has 0 amide bonds. The standard InChI is InChI=1S/C15H21N3O2/c1-4-5-20-14-6-12(7-16-9-14)15(19)13-8-17-18(10-13)11(2)3/h6-11,15,19H,4-5H2,1-3H3. The number of ether oxygens (including phenoxy) is 1. The van der Waals surface area contributed by atoms with Gasteiger partial charge in [-0.25, -0.2) is 0 Å². The first-order valence-corrected chi connectivity index (χ1v) is 6.91. The lowest BCUT2D eigenvalue weighted by Crippen LogP contribution is -2.03. The van der Waals surface area contributed by atoms with Gasteiger partial charge in [-0.3, -0.25) is 9.67 Å². The number of rotatable bonds is 6. The van der Waals surface area contributed by atoms with Crippen LogP contribution in [0, 0.1) is 0 Å². The van der Waals surface area contributed by atoms with E-state index >= 15 is 0 Å². The minimum atomic E-state index is -0.736. The van der Waals surface area contributed by atoms with Gasteiger partial charge in [0.25, 0.3) is 0 Å². The second-order valence-electron chi connectivity index (χ2n) is 5.05. The van der Waals surface area contributed by atoms with Crippen LogP contribution < -0.4 is 4.74 Å². The lowest BCUT2D eigenvalue weighted by Gasteiger charge is -2.11. The van der Waals surface area contributed by atoms with Crippen LogP contribution in [0.2, 0.25) is 0 Å². The van der Waals surface area contributed by atoms with E-state index < -0.39 is 6.10 Å². The third kappa shape index (κ3) is 3.36. The number of hydrogen-bond donors (Lipinski definition) is 1. The fraction of sp³-hybridized carbons (Fsp3) is 0.467. The van der Waals surface area contributed by atoms with Gasteiger partial charge in [0, 0.05) is 29.6 Å². The largest absolute Gasteiger partial charge is 0.492 e. The van der Waals surface area contributed by atoms with Crippen LogP contribution in [0.4, 0.5) is 0 Å². The highest BCUT2D eigenvalue weighted by atomic mass is 16.5. The quantitative estimate of drug-likeness (QED) is 0.880. The first kappa shape index (κ1) is 14.5. The van der Waals surface area contributed by atoms with E-state index in [1.54, 1.807) is 18.6 Å². The first-order chi connectivity index (χ1) is 9.61. The van der Waals surface area contributed by atoms with Gasteiger partial charge in [-0.2, -0.15) is 5.10 Å². The third-order valence-electron chi connectivity index (χ3n) is 2.99. The van der Waals surface area contributed by atoms with E-state index in [2.05, 4.69) is 10.1 Å². The summed E-state index contributed by atoms with van der Waals surface area (Å²) >= 11 is 0. The van der Waals surface area contributed by atoms with E-state index in [0.717, 1.165) is 12.0 Å². The molecule has 5 heteroatoms. The second kappa shape index (κ2) is 6.52. The van der Waals surface area contributed by atoms with Crippen LogP contribution in [0.5, 0.6) is 5.75 Å². The summed E-state index contributed by atoms with van der Waals surface area (Å²) in [6.45, 7) is 6.78. The van der Waals surface area contributed by atoms with Crippen molar-refractivity contribution in [3.63, 3.8) is 0 Å². The zero-order chi connectivity index (χ0) is 14.5. The van der Waals surface area contributed by atoms with Crippen LogP contribution in [0.15, 0.2) is 30.9 Å². The summed E-state index contributed by atoms with van der Waals surface area (Å²) in [5.74, 6) is 0.680. The fourth-order valence-electron chi connectivity index (χ4n) is 1.85. The van der Waals surface area contributed by atoms with Crippen molar-refractivity contribution in [1.29, 1.82) is 0 Å². The molecule has 2 rings (SSSR count). The highest BCUT2D eigenvalue weighted by Gasteiger charge is 2.14. The molecule has 108 valence electrons. The molecule has 2 aromatic rings. The van der Waals surface area contributed by atoms with Crippen molar-refractivity contribution in [3.8, 4) is 5.75 Å². The highest BCUT2D eigenvalue weighted by Crippen LogP contribution is 2.24. The lowest BCUT2D eigenvalue weighted by molar-refractivity contribution is 0.218. The maximum absolute atomic E-state index is 10.4. The van der Waals surface area contributed by atoms with Gasteiger partial charge in [0.2, 0.25) is 0 Å². The molecule has 0 fully saturated rings. The van der Waals surface area contributed by atoms with Gasteiger partial charge < -0.3 is 9.84 Å². The maximum atomic E-state index is 10.4. The summed E-state index contributed by atoms with van der Waals surface area (Å²) in [6.07, 6.45) is 7.05. The molecule has 0 saturated carbocycles. The van der Waals surface area contributed by atoms with Gasteiger partial charge in [0.05, 0.1) is 19.0 Å². The molecule has 1 atom stereocenters. The molecule has 1 unspecified atom stereocenters. The molecule has 0 aromatic carbocycles. The van der Waals surface area contributed by atoms with Crippen molar-refractivity contribution in [3.05, 3.63) is 42.0 Å². The van der Waals surface area contributed by atoms with E-state index in [-0.39, 0.29) is 6.04 Å². The summed E-state index contributed by atoms with van der Waals surface area (Å²) < 4.78 is 7.35. The van der Waals surface area contributed by atoms with Gasteiger partial charge in [-0.05, 0) is 26.3 Å². The average molecular weight is 275 g/mol. The number of aliphatic hydroxyl groups is 1. The molecule has 0 aliphatic heterocycles. The first-order valence-electron chi connectivity index (χ1n) is 6.91. The predicted octanol–water partition coefficient (Wildman–Crippen LogP) is 2.73. The van der Waals surface area contributed by atoms with E-state index in [4.69, 9.17) is 4.74 Å². The van der Waals surface area contributed by atoms with Crippen LogP contribution in [0.3, 0.4) is 0 Å². The van der Waals surface area contributed by atoms with Gasteiger partial charge in [0.15, 0.2) is 0 Å². The number of aromatic nitrogens is 3. The van der Waals surface area contributed by atoms with Crippen molar-refractivity contribution >= 4 is 0 Å². The van der Waals surface area contributed by atoms with E-state index in [9.17, 15) is 5.11 Å². The summed E-state index contributed by atoms with van der Waals surface area (Å²) in [5, 5.41) is 14.6. The monoisotopic (exact) mass is 275 g/mol. The van der Waals surface area contributed by atoms with Crippen molar-refractivity contribution in [1.82, 2.24) is 14.8 Å². The third-order valence-corrected chi connectivity index (χ3v) is 2.99. The Hall–Kier alpha value is -1.88. The second-order valence-corrected chi connectivity index (χ2v) is 5.05. The SMILES string of the molecule is CCCOc1cncc(C(O)c2cnn(C(C)C)c2)c1. The molecule has 2 aromatic heterocycles. The van der Waals surface area contributed by atoms with Gasteiger partial charge >= 0.3 is 0 Å². The van der Waals surface area contributed by atoms with Gasteiger partial charge in [0.1, 0.15) is 11.9 Å². The predicted molar refractivity (Wildman–Crippen MR) is 76.7 cm³/mol. The molecule has 0 saturated heterocycles. The minimum Gasteiger partial charge on any atom is -0.492 e. The van der Waals surface area contributed by atoms with Crippen LogP contribution in [0.25, 0.3) is 0 Å². The maximum Gasteiger partial charge on any atom is 0.137 e. The van der Waals surface area contributed by atoms with E-state index in [0.29, 0.717) is 17.9 Å². The molecular weight excluding hydrogens is 254 g/mol. The Bertz CT molecular complexity index is 552. The lowest BCUT2D eigenvalue weighted by atomic mass is 10.1. The van der Waals surface area contributed by atoms with Gasteiger partial charge in [-0.1, -0.05) is 6.92 Å². The Labute approximate surface area is 119 Å². The van der Waals surface area contributed by atoms with Crippen LogP contribution in [-0.4, -0.2) is 26.5 Å². The zero-order valence-corrected chi connectivity index (χ0v) is 12.2. The Balaban J connectivity index is 2.16. The Morgan fingerprint density at radius 1 is 1.25 bits per heavy atom. The molecule has 20 heavy (non-hydrogen) atoms. The van der Waals surface area contributed by atoms with Crippen molar-refractivity contribution in [2.45, 2.75) is 39.3 Å². The fourth-order valence-corrected chi connectivity index (χ4v) is 1.85. The smallest absolute Gasteiger partial charge is 0.137 e. The summed E-state index contributed by atoms with van der Waals surface area (Å²) in [5.41, 5.74) is 1.47. The van der Waals surface area contributed by atoms with Crippen molar-refractivity contribution < 1.29 is 9.84 Å². The summed E-state index contributed by atoms with van der Waals surface area (Å²) in [4.78, 5) is 4.11. The number of aliphatic hydroxyl groups excluding tert-OH is 1. The molecule has 0 aliphatic carbocycles. The Morgan fingerprint density at radius 3 is 2.70 bits per heavy atom. The zero-order valence-electron chi connectivity index (χ0n) is 12.2. The van der Waals surface area contributed by atoms with Crippen LogP contribution in [0.1, 0.15) is 50.5 Å². The van der Waals surface area contributed by atoms with Crippen LogP contribution in [-0.2, 0) is 0 Å². The average Bonchev–Trinajstić information content (AvgIpc) is 2.94. The molecule has 1 N–H and O–H groups in total. The molecule has 0 spiro atoms. The topological polar surface area (TPSA) is 60.2 Å². The number of hydrogen-bond acceptors (Lipinski definition) is 4. The summed E-state index contributed by atoms with van der Waals surface area (Å²) in [7, 11) is 0. The molecular formula is C15H21N3O2. The normalized spacial score (nSPS) is 12.7. The minimum absolute atomic E-state index is 0.272. The van der Waals surface area contributed by atoms with Crippen LogP contribution >= 0.6 is 0 Å². The Kier molecular flexibility index (Phi) is 4.74. The summed E-state index contributed by atoms with van der Waals surface area (Å²) in [6, 6.07) is 2.09. The number of pyridine rings is 1.